The van der Waals surface area contributed by atoms with Crippen LogP contribution in [0.15, 0.2) is 43.2 Å². The Morgan fingerprint density at radius 3 is 1.27 bits per heavy atom. The summed E-state index contributed by atoms with van der Waals surface area (Å²) in [5, 5.41) is 0. The zero-order valence-electron chi connectivity index (χ0n) is 17.3. The molecule has 0 N–H and O–H groups in total. The lowest BCUT2D eigenvalue weighted by Crippen LogP contribution is -1.83. The van der Waals surface area contributed by atoms with Crippen LogP contribution in [-0.4, -0.2) is 4.98 Å². The Balaban J connectivity index is 0. The summed E-state index contributed by atoms with van der Waals surface area (Å²) in [6.45, 7) is 6.06. The normalized spacial score (nSPS) is 9.73. The predicted molar refractivity (Wildman–Crippen MR) is 121 cm³/mol. The van der Waals surface area contributed by atoms with Crippen LogP contribution in [0.4, 0.5) is 0 Å². The van der Waals surface area contributed by atoms with Crippen LogP contribution in [0.5, 0.6) is 0 Å². The molecular weight excluding hydrogens is 338 g/mol. The number of hydrogen-bond acceptors (Lipinski definition) is 1. The molecule has 26 heavy (non-hydrogen) atoms. The number of hydrogen-bond donors (Lipinski definition) is 0. The van der Waals surface area contributed by atoms with E-state index in [-0.39, 0.29) is 12.4 Å². The summed E-state index contributed by atoms with van der Waals surface area (Å²) in [5.41, 5.74) is 0. The van der Waals surface area contributed by atoms with Crippen LogP contribution in [-0.2, 0) is 0 Å². The molecule has 0 aliphatic carbocycles. The van der Waals surface area contributed by atoms with Crippen LogP contribution in [0.3, 0.4) is 0 Å². The molecule has 0 saturated heterocycles. The van der Waals surface area contributed by atoms with Crippen LogP contribution in [0.1, 0.15) is 110 Å². The predicted octanol–water partition coefficient (Wildman–Crippen LogP) is 8.94. The molecule has 0 aromatic carbocycles. The number of rotatable bonds is 16. The average molecular weight is 382 g/mol. The SMILES string of the molecule is C=CCCCCCCCCCCCCCCCCC.Cl.c1ccncc1. The van der Waals surface area contributed by atoms with E-state index < -0.39 is 0 Å². The van der Waals surface area contributed by atoms with Gasteiger partial charge in [0.25, 0.3) is 0 Å². The summed E-state index contributed by atoms with van der Waals surface area (Å²) < 4.78 is 0. The summed E-state index contributed by atoms with van der Waals surface area (Å²) in [5.74, 6) is 0. The van der Waals surface area contributed by atoms with Gasteiger partial charge >= 0.3 is 0 Å². The van der Waals surface area contributed by atoms with Crippen molar-refractivity contribution < 1.29 is 0 Å². The Bertz CT molecular complexity index is 313. The number of unbranched alkanes of at least 4 members (excludes halogenated alkanes) is 15. The molecule has 0 unspecified atom stereocenters. The minimum absolute atomic E-state index is 0. The molecule has 0 fully saturated rings. The van der Waals surface area contributed by atoms with E-state index in [0.29, 0.717) is 0 Å². The Hall–Kier alpha value is -0.820. The molecule has 152 valence electrons. The lowest BCUT2D eigenvalue weighted by Gasteiger charge is -2.03. The Kier molecular flexibility index (Phi) is 27.8. The first-order valence-corrected chi connectivity index (χ1v) is 10.9. The molecule has 0 saturated carbocycles. The number of nitrogens with zero attached hydrogens (tertiary/aromatic N) is 1. The van der Waals surface area contributed by atoms with Crippen molar-refractivity contribution in [2.75, 3.05) is 0 Å². The zero-order chi connectivity index (χ0) is 18.3. The first kappa shape index (κ1) is 27.4. The zero-order valence-corrected chi connectivity index (χ0v) is 18.2. The number of pyridine rings is 1. The van der Waals surface area contributed by atoms with E-state index in [1.54, 1.807) is 12.4 Å². The fourth-order valence-corrected chi connectivity index (χ4v) is 2.97. The van der Waals surface area contributed by atoms with Crippen molar-refractivity contribution in [3.05, 3.63) is 43.2 Å². The van der Waals surface area contributed by atoms with Crippen molar-refractivity contribution in [2.24, 2.45) is 0 Å². The van der Waals surface area contributed by atoms with Crippen molar-refractivity contribution in [1.29, 1.82) is 0 Å². The summed E-state index contributed by atoms with van der Waals surface area (Å²) in [6.07, 6.45) is 28.4. The monoisotopic (exact) mass is 381 g/mol. The smallest absolute Gasteiger partial charge is 0.0267 e. The molecular formula is C24H44ClN. The molecule has 1 nitrogen and oxygen atoms in total. The molecule has 0 bridgehead atoms. The molecule has 2 heteroatoms. The molecule has 1 rings (SSSR count). The van der Waals surface area contributed by atoms with Crippen LogP contribution in [0, 0.1) is 0 Å². The van der Waals surface area contributed by atoms with E-state index >= 15 is 0 Å². The van der Waals surface area contributed by atoms with E-state index in [1.165, 1.54) is 103 Å². The van der Waals surface area contributed by atoms with Gasteiger partial charge in [0.15, 0.2) is 0 Å². The van der Waals surface area contributed by atoms with E-state index in [4.69, 9.17) is 0 Å². The second kappa shape index (κ2) is 26.4. The van der Waals surface area contributed by atoms with Gasteiger partial charge in [0.05, 0.1) is 0 Å². The molecule has 0 spiro atoms. The summed E-state index contributed by atoms with van der Waals surface area (Å²) in [6, 6.07) is 5.72. The number of halogens is 1. The minimum atomic E-state index is 0. The highest BCUT2D eigenvalue weighted by Crippen LogP contribution is 2.13. The van der Waals surface area contributed by atoms with Gasteiger partial charge in [-0.1, -0.05) is 109 Å². The largest absolute Gasteiger partial charge is 0.265 e. The third-order valence-corrected chi connectivity index (χ3v) is 4.58. The van der Waals surface area contributed by atoms with Crippen molar-refractivity contribution >= 4 is 12.4 Å². The van der Waals surface area contributed by atoms with Gasteiger partial charge in [-0.15, -0.1) is 19.0 Å². The highest BCUT2D eigenvalue weighted by molar-refractivity contribution is 5.85. The van der Waals surface area contributed by atoms with Gasteiger partial charge < -0.3 is 0 Å². The summed E-state index contributed by atoms with van der Waals surface area (Å²) >= 11 is 0. The van der Waals surface area contributed by atoms with Crippen LogP contribution >= 0.6 is 12.4 Å². The Morgan fingerprint density at radius 1 is 0.615 bits per heavy atom. The van der Waals surface area contributed by atoms with E-state index in [1.807, 2.05) is 24.3 Å². The molecule has 0 aliphatic rings. The van der Waals surface area contributed by atoms with Gasteiger partial charge in [0.2, 0.25) is 0 Å². The van der Waals surface area contributed by atoms with Crippen molar-refractivity contribution in [3.63, 3.8) is 0 Å². The topological polar surface area (TPSA) is 12.9 Å². The second-order valence-electron chi connectivity index (χ2n) is 7.05. The van der Waals surface area contributed by atoms with Gasteiger partial charge in [-0.05, 0) is 25.0 Å². The highest BCUT2D eigenvalue weighted by Gasteiger charge is 1.93. The molecule has 1 aromatic heterocycles. The maximum Gasteiger partial charge on any atom is 0.0267 e. The molecule has 0 radical (unpaired) electrons. The molecule has 0 aliphatic heterocycles. The van der Waals surface area contributed by atoms with Gasteiger partial charge in [0.1, 0.15) is 0 Å². The van der Waals surface area contributed by atoms with Crippen LogP contribution in [0.25, 0.3) is 0 Å². The van der Waals surface area contributed by atoms with Gasteiger partial charge in [-0.3, -0.25) is 4.98 Å². The summed E-state index contributed by atoms with van der Waals surface area (Å²) in [7, 11) is 0. The van der Waals surface area contributed by atoms with E-state index in [0.717, 1.165) is 0 Å². The van der Waals surface area contributed by atoms with E-state index in [2.05, 4.69) is 18.5 Å². The number of aromatic nitrogens is 1. The van der Waals surface area contributed by atoms with E-state index in [9.17, 15) is 0 Å². The van der Waals surface area contributed by atoms with Crippen molar-refractivity contribution in [3.8, 4) is 0 Å². The van der Waals surface area contributed by atoms with Gasteiger partial charge in [-0.2, -0.15) is 0 Å². The standard InChI is InChI=1S/C19H38.C5H5N.ClH/c1-3-5-7-9-11-13-15-17-19-18-16-14-12-10-8-6-4-2;1-2-4-6-5-3-1;/h3H,1,4-19H2,2H3;1-5H;1H. The fourth-order valence-electron chi connectivity index (χ4n) is 2.97. The van der Waals surface area contributed by atoms with Crippen LogP contribution < -0.4 is 0 Å². The second-order valence-corrected chi connectivity index (χ2v) is 7.05. The molecule has 0 atom stereocenters. The van der Waals surface area contributed by atoms with Gasteiger partial charge in [0, 0.05) is 12.4 Å². The Labute approximate surface area is 170 Å². The first-order valence-electron chi connectivity index (χ1n) is 10.9. The van der Waals surface area contributed by atoms with Crippen molar-refractivity contribution in [2.45, 2.75) is 110 Å². The maximum atomic E-state index is 3.78. The third kappa shape index (κ3) is 25.4. The lowest BCUT2D eigenvalue weighted by molar-refractivity contribution is 0.533. The quantitative estimate of drug-likeness (QED) is 0.205. The highest BCUT2D eigenvalue weighted by atomic mass is 35.5. The fraction of sp³-hybridized carbons (Fsp3) is 0.708. The minimum Gasteiger partial charge on any atom is -0.265 e. The Morgan fingerprint density at radius 2 is 1.00 bits per heavy atom. The summed E-state index contributed by atoms with van der Waals surface area (Å²) in [4.78, 5) is 3.78. The lowest BCUT2D eigenvalue weighted by atomic mass is 10.0. The van der Waals surface area contributed by atoms with Crippen molar-refractivity contribution in [1.82, 2.24) is 4.98 Å². The number of allylic oxidation sites excluding steroid dienone is 1. The first-order chi connectivity index (χ1) is 12.4. The molecule has 1 heterocycles. The third-order valence-electron chi connectivity index (χ3n) is 4.58. The molecule has 1 aromatic rings. The molecule has 0 amide bonds. The van der Waals surface area contributed by atoms with Gasteiger partial charge in [-0.25, -0.2) is 0 Å². The average Bonchev–Trinajstić information content (AvgIpc) is 2.67. The maximum absolute atomic E-state index is 3.78. The van der Waals surface area contributed by atoms with Crippen LogP contribution in [0.2, 0.25) is 0 Å².